The van der Waals surface area contributed by atoms with Gasteiger partial charge in [0.05, 0.1) is 23.9 Å². The summed E-state index contributed by atoms with van der Waals surface area (Å²) >= 11 is 6.14. The molecule has 2 heterocycles. The molecule has 0 amide bonds. The zero-order valence-electron chi connectivity index (χ0n) is 20.0. The zero-order valence-corrected chi connectivity index (χ0v) is 20.7. The van der Waals surface area contributed by atoms with Crippen LogP contribution in [0.2, 0.25) is 5.02 Å². The fraction of sp³-hybridized carbons (Fsp3) is 0.286. The number of nitrogens with zero attached hydrogens (tertiary/aromatic N) is 4. The van der Waals surface area contributed by atoms with Crippen molar-refractivity contribution in [1.82, 2.24) is 19.5 Å². The molecule has 8 nitrogen and oxygen atoms in total. The van der Waals surface area contributed by atoms with Crippen LogP contribution in [0.15, 0.2) is 60.9 Å². The first-order valence-electron chi connectivity index (χ1n) is 12.1. The zero-order chi connectivity index (χ0) is 25.7. The molecule has 9 heteroatoms. The molecule has 0 aliphatic heterocycles. The Hall–Kier alpha value is -3.77. The second-order valence-corrected chi connectivity index (χ2v) is 10.1. The molecule has 6 rings (SSSR count). The standard InChI is InChI=1S/C28H24ClN5O3/c1-16(35)28-13-20(28)23(24(36)25(28)37)34-15-31-22-26(30-14-18-8-5-9-19(29)12-18)32-21(33-27(22)34)11-10-17-6-3-2-4-7-17/h2-9,12,15,20,23-25,36-37H,13-14H2,1H3,(H,30,32,33)/t20?,23-,24+,25?,28+/m1/s1. The molecule has 37 heavy (non-hydrogen) atoms. The Bertz CT molecular complexity index is 1580. The SMILES string of the molecule is CC(=O)[C@@]12CC1[C@@H](n1cnc3c(NCc4cccc(Cl)c4)nc(C#Cc4ccccc4)nc31)[C@H](O)C2O. The van der Waals surface area contributed by atoms with Crippen LogP contribution in [0, 0.1) is 23.2 Å². The van der Waals surface area contributed by atoms with Gasteiger partial charge >= 0.3 is 0 Å². The van der Waals surface area contributed by atoms with Crippen molar-refractivity contribution in [3.63, 3.8) is 0 Å². The topological polar surface area (TPSA) is 113 Å². The van der Waals surface area contributed by atoms with Gasteiger partial charge in [0.2, 0.25) is 5.82 Å². The number of hydrogen-bond donors (Lipinski definition) is 3. The van der Waals surface area contributed by atoms with E-state index in [-0.39, 0.29) is 17.5 Å². The van der Waals surface area contributed by atoms with Gasteiger partial charge in [-0.2, -0.15) is 0 Å². The Balaban J connectivity index is 1.42. The smallest absolute Gasteiger partial charge is 0.209 e. The number of ketones is 1. The molecule has 3 N–H and O–H groups in total. The van der Waals surface area contributed by atoms with Crippen molar-refractivity contribution in [3.05, 3.63) is 82.9 Å². The van der Waals surface area contributed by atoms with E-state index in [1.54, 1.807) is 10.9 Å². The van der Waals surface area contributed by atoms with Crippen molar-refractivity contribution >= 4 is 34.4 Å². The van der Waals surface area contributed by atoms with Crippen molar-refractivity contribution in [2.24, 2.45) is 11.3 Å². The van der Waals surface area contributed by atoms with Crippen molar-refractivity contribution in [2.75, 3.05) is 5.32 Å². The molecule has 2 saturated carbocycles. The molecular formula is C28H24ClN5O3. The van der Waals surface area contributed by atoms with Crippen LogP contribution in [0.3, 0.4) is 0 Å². The summed E-state index contributed by atoms with van der Waals surface area (Å²) in [6, 6.07) is 16.5. The van der Waals surface area contributed by atoms with Gasteiger partial charge in [0, 0.05) is 17.1 Å². The van der Waals surface area contributed by atoms with Crippen LogP contribution in [-0.4, -0.2) is 47.7 Å². The lowest BCUT2D eigenvalue weighted by atomic mass is 9.95. The normalized spacial score (nSPS) is 25.8. The number of halogens is 1. The summed E-state index contributed by atoms with van der Waals surface area (Å²) in [7, 11) is 0. The molecular weight excluding hydrogens is 490 g/mol. The van der Waals surface area contributed by atoms with Gasteiger partial charge in [-0.05, 0) is 55.0 Å². The van der Waals surface area contributed by atoms with Gasteiger partial charge in [0.1, 0.15) is 11.9 Å². The van der Waals surface area contributed by atoms with E-state index < -0.39 is 23.7 Å². The maximum atomic E-state index is 12.4. The minimum atomic E-state index is -1.13. The van der Waals surface area contributed by atoms with Crippen LogP contribution in [0.5, 0.6) is 0 Å². The molecule has 0 spiro atoms. The molecule has 0 radical (unpaired) electrons. The van der Waals surface area contributed by atoms with Gasteiger partial charge in [0.25, 0.3) is 0 Å². The molecule has 2 aliphatic rings. The maximum absolute atomic E-state index is 12.4. The number of aliphatic hydroxyl groups excluding tert-OH is 2. The number of hydrogen-bond acceptors (Lipinski definition) is 7. The minimum Gasteiger partial charge on any atom is -0.389 e. The van der Waals surface area contributed by atoms with Crippen LogP contribution in [-0.2, 0) is 11.3 Å². The maximum Gasteiger partial charge on any atom is 0.209 e. The van der Waals surface area contributed by atoms with E-state index in [0.717, 1.165) is 11.1 Å². The Morgan fingerprint density at radius 1 is 1.16 bits per heavy atom. The number of carbonyl (C=O) groups is 1. The molecule has 0 saturated heterocycles. The highest BCUT2D eigenvalue weighted by molar-refractivity contribution is 6.30. The van der Waals surface area contributed by atoms with E-state index in [2.05, 4.69) is 32.1 Å². The summed E-state index contributed by atoms with van der Waals surface area (Å²) in [5.74, 6) is 6.60. The fourth-order valence-electron chi connectivity index (χ4n) is 5.57. The Morgan fingerprint density at radius 3 is 2.70 bits per heavy atom. The molecule has 4 aromatic rings. The predicted molar refractivity (Wildman–Crippen MR) is 139 cm³/mol. The van der Waals surface area contributed by atoms with Crippen LogP contribution >= 0.6 is 11.6 Å². The average Bonchev–Trinajstić information content (AvgIpc) is 3.44. The fourth-order valence-corrected chi connectivity index (χ4v) is 5.78. The van der Waals surface area contributed by atoms with Gasteiger partial charge in [-0.1, -0.05) is 47.9 Å². The van der Waals surface area contributed by atoms with Gasteiger partial charge in [-0.3, -0.25) is 4.79 Å². The molecule has 186 valence electrons. The highest BCUT2D eigenvalue weighted by Crippen LogP contribution is 2.68. The summed E-state index contributed by atoms with van der Waals surface area (Å²) in [5, 5.41) is 25.6. The van der Waals surface area contributed by atoms with E-state index in [1.165, 1.54) is 6.92 Å². The Kier molecular flexibility index (Phi) is 5.72. The monoisotopic (exact) mass is 513 g/mol. The van der Waals surface area contributed by atoms with Crippen molar-refractivity contribution in [3.8, 4) is 11.8 Å². The minimum absolute atomic E-state index is 0.108. The van der Waals surface area contributed by atoms with Crippen molar-refractivity contribution in [2.45, 2.75) is 38.1 Å². The summed E-state index contributed by atoms with van der Waals surface area (Å²) in [4.78, 5) is 26.2. The first-order valence-corrected chi connectivity index (χ1v) is 12.4. The molecule has 2 aliphatic carbocycles. The third-order valence-corrected chi connectivity index (χ3v) is 7.75. The first-order chi connectivity index (χ1) is 17.9. The van der Waals surface area contributed by atoms with Crippen LogP contribution < -0.4 is 5.32 Å². The number of rotatable bonds is 5. The molecule has 2 aromatic heterocycles. The van der Waals surface area contributed by atoms with E-state index in [4.69, 9.17) is 11.6 Å². The van der Waals surface area contributed by atoms with Crippen LogP contribution in [0.4, 0.5) is 5.82 Å². The molecule has 2 aromatic carbocycles. The quantitative estimate of drug-likeness (QED) is 0.351. The summed E-state index contributed by atoms with van der Waals surface area (Å²) in [6.45, 7) is 1.92. The second kappa shape index (κ2) is 8.96. The summed E-state index contributed by atoms with van der Waals surface area (Å²) in [6.07, 6.45) is -0.127. The highest BCUT2D eigenvalue weighted by atomic mass is 35.5. The number of imidazole rings is 1. The Labute approximate surface area is 218 Å². The molecule has 2 fully saturated rings. The molecule has 2 unspecified atom stereocenters. The molecule has 5 atom stereocenters. The van der Waals surface area contributed by atoms with Gasteiger partial charge in [-0.25, -0.2) is 15.0 Å². The highest BCUT2D eigenvalue weighted by Gasteiger charge is 2.74. The number of anilines is 1. The number of nitrogens with one attached hydrogen (secondary N) is 1. The number of aromatic nitrogens is 4. The number of carbonyl (C=O) groups excluding carboxylic acids is 1. The van der Waals surface area contributed by atoms with Gasteiger partial charge < -0.3 is 20.1 Å². The third kappa shape index (κ3) is 3.96. The number of Topliss-reactive ketones (excluding diaryl/α,β-unsaturated/α-hetero) is 1. The number of aliphatic hydroxyl groups is 2. The van der Waals surface area contributed by atoms with E-state index in [0.29, 0.717) is 35.0 Å². The van der Waals surface area contributed by atoms with E-state index in [1.807, 2.05) is 54.6 Å². The number of benzene rings is 2. The average molecular weight is 514 g/mol. The van der Waals surface area contributed by atoms with Gasteiger partial charge in [-0.15, -0.1) is 0 Å². The van der Waals surface area contributed by atoms with E-state index in [9.17, 15) is 15.0 Å². The third-order valence-electron chi connectivity index (χ3n) is 7.51. The lowest BCUT2D eigenvalue weighted by Gasteiger charge is -2.23. The van der Waals surface area contributed by atoms with Crippen LogP contribution in [0.1, 0.15) is 36.3 Å². The second-order valence-electron chi connectivity index (χ2n) is 9.65. The first kappa shape index (κ1) is 23.6. The predicted octanol–water partition coefficient (Wildman–Crippen LogP) is 3.36. The van der Waals surface area contributed by atoms with Gasteiger partial charge in [0.15, 0.2) is 17.0 Å². The summed E-state index contributed by atoms with van der Waals surface area (Å²) in [5.41, 5.74) is 1.87. The van der Waals surface area contributed by atoms with Crippen molar-refractivity contribution < 1.29 is 15.0 Å². The Morgan fingerprint density at radius 2 is 1.97 bits per heavy atom. The lowest BCUT2D eigenvalue weighted by Crippen LogP contribution is -2.36. The van der Waals surface area contributed by atoms with Crippen LogP contribution in [0.25, 0.3) is 11.2 Å². The summed E-state index contributed by atoms with van der Waals surface area (Å²) < 4.78 is 1.76. The number of fused-ring (bicyclic) bond motifs is 2. The van der Waals surface area contributed by atoms with E-state index >= 15 is 0 Å². The lowest BCUT2D eigenvalue weighted by molar-refractivity contribution is -0.128. The largest absolute Gasteiger partial charge is 0.389 e. The molecule has 0 bridgehead atoms. The van der Waals surface area contributed by atoms with Crippen molar-refractivity contribution in [1.29, 1.82) is 0 Å².